The van der Waals surface area contributed by atoms with Crippen LogP contribution >= 0.6 is 0 Å². The first-order chi connectivity index (χ1) is 10.1. The zero-order valence-corrected chi connectivity index (χ0v) is 16.2. The topological polar surface area (TPSA) is 20.2 Å². The molecule has 1 saturated carbocycles. The molecule has 0 unspecified atom stereocenters. The maximum absolute atomic E-state index is 10.5. The Bertz CT molecular complexity index is 584. The molecule has 1 aromatic carbocycles. The van der Waals surface area contributed by atoms with Crippen LogP contribution in [0, 0.1) is 11.3 Å². The third kappa shape index (κ3) is 2.30. The molecule has 3 rings (SSSR count). The molecule has 0 heterocycles. The van der Waals surface area contributed by atoms with Gasteiger partial charge in [0.15, 0.2) is 0 Å². The summed E-state index contributed by atoms with van der Waals surface area (Å²) in [5.74, 6) is 0.592. The average molecular weight is 317 g/mol. The van der Waals surface area contributed by atoms with Gasteiger partial charge in [-0.2, -0.15) is 0 Å². The second-order valence-corrected chi connectivity index (χ2v) is 14.6. The number of fused-ring (bicyclic) bond motifs is 3. The van der Waals surface area contributed by atoms with E-state index >= 15 is 0 Å². The molecule has 0 aromatic heterocycles. The van der Waals surface area contributed by atoms with Crippen LogP contribution in [0.25, 0.3) is 0 Å². The quantitative estimate of drug-likeness (QED) is 0.769. The maximum atomic E-state index is 10.5. The predicted molar refractivity (Wildman–Crippen MR) is 97.6 cm³/mol. The van der Waals surface area contributed by atoms with Crippen LogP contribution in [0.1, 0.15) is 51.2 Å². The van der Waals surface area contributed by atoms with Crippen LogP contribution in [0.3, 0.4) is 0 Å². The third-order valence-electron chi connectivity index (χ3n) is 6.75. The summed E-state index contributed by atoms with van der Waals surface area (Å²) in [5, 5.41) is 12.1. The van der Waals surface area contributed by atoms with Crippen molar-refractivity contribution >= 4 is 13.3 Å². The summed E-state index contributed by atoms with van der Waals surface area (Å²) >= 11 is 0. The van der Waals surface area contributed by atoms with E-state index in [9.17, 15) is 5.11 Å². The number of hydrogen-bond acceptors (Lipinski definition) is 1. The van der Waals surface area contributed by atoms with Crippen molar-refractivity contribution in [2.45, 2.75) is 77.6 Å². The van der Waals surface area contributed by atoms with E-state index < -0.39 is 8.07 Å². The second-order valence-electron chi connectivity index (χ2n) is 9.51. The molecule has 1 nitrogen and oxygen atoms in total. The molecule has 2 aliphatic carbocycles. The number of aliphatic hydroxyl groups is 1. The lowest BCUT2D eigenvalue weighted by Crippen LogP contribution is -2.54. The molecule has 0 amide bonds. The Morgan fingerprint density at radius 2 is 1.77 bits per heavy atom. The first-order valence-electron chi connectivity index (χ1n) is 8.89. The fourth-order valence-corrected chi connectivity index (χ4v) is 6.36. The van der Waals surface area contributed by atoms with Gasteiger partial charge in [-0.05, 0) is 53.6 Å². The van der Waals surface area contributed by atoms with Crippen LogP contribution in [0.15, 0.2) is 18.2 Å². The Labute approximate surface area is 137 Å². The van der Waals surface area contributed by atoms with E-state index in [0.29, 0.717) is 5.92 Å². The highest BCUT2D eigenvalue weighted by Crippen LogP contribution is 2.56. The molecule has 2 heteroatoms. The summed E-state index contributed by atoms with van der Waals surface area (Å²) in [6.45, 7) is 14.3. The van der Waals surface area contributed by atoms with Gasteiger partial charge in [0.05, 0.1) is 14.2 Å². The van der Waals surface area contributed by atoms with Gasteiger partial charge < -0.3 is 5.11 Å². The summed E-state index contributed by atoms with van der Waals surface area (Å²) in [4.78, 5) is 0. The fraction of sp³-hybridized carbons (Fsp3) is 0.700. The standard InChI is InChI=1S/C20H32OSi/c1-19(2)17-10-7-14-13-15(22(4,5)6)8-9-16(14)20(17,3)12-11-18(19)21/h8-9,13,17-18,21H,7,10-12H2,1-6H3/t17-,18-,20+/m0/s1. The Morgan fingerprint density at radius 3 is 2.41 bits per heavy atom. The lowest BCUT2D eigenvalue weighted by Gasteiger charge is -2.56. The van der Waals surface area contributed by atoms with E-state index in [1.807, 2.05) is 0 Å². The van der Waals surface area contributed by atoms with Crippen LogP contribution in [0.2, 0.25) is 19.6 Å². The van der Waals surface area contributed by atoms with Gasteiger partial charge >= 0.3 is 0 Å². The molecule has 0 aliphatic heterocycles. The monoisotopic (exact) mass is 316 g/mol. The van der Waals surface area contributed by atoms with Crippen molar-refractivity contribution in [1.29, 1.82) is 0 Å². The van der Waals surface area contributed by atoms with Crippen molar-refractivity contribution in [1.82, 2.24) is 0 Å². The highest BCUT2D eigenvalue weighted by atomic mass is 28.3. The van der Waals surface area contributed by atoms with Crippen molar-refractivity contribution in [2.75, 3.05) is 0 Å². The Hall–Kier alpha value is -0.603. The van der Waals surface area contributed by atoms with E-state index in [-0.39, 0.29) is 16.9 Å². The Morgan fingerprint density at radius 1 is 1.09 bits per heavy atom. The molecule has 0 saturated heterocycles. The van der Waals surface area contributed by atoms with E-state index in [0.717, 1.165) is 12.8 Å². The highest BCUT2D eigenvalue weighted by Gasteiger charge is 2.53. The maximum Gasteiger partial charge on any atom is 0.0776 e. The normalized spacial score (nSPS) is 34.0. The van der Waals surface area contributed by atoms with Gasteiger partial charge in [-0.1, -0.05) is 63.8 Å². The van der Waals surface area contributed by atoms with Crippen LogP contribution in [-0.2, 0) is 11.8 Å². The number of aliphatic hydroxyl groups excluding tert-OH is 1. The summed E-state index contributed by atoms with van der Waals surface area (Å²) < 4.78 is 0. The second kappa shape index (κ2) is 4.94. The lowest BCUT2D eigenvalue weighted by molar-refractivity contribution is -0.0730. The van der Waals surface area contributed by atoms with E-state index in [1.165, 1.54) is 12.8 Å². The summed E-state index contributed by atoms with van der Waals surface area (Å²) in [5.41, 5.74) is 3.44. The predicted octanol–water partition coefficient (Wildman–Crippen LogP) is 4.23. The lowest BCUT2D eigenvalue weighted by atomic mass is 9.49. The minimum atomic E-state index is -1.24. The van der Waals surface area contributed by atoms with Gasteiger partial charge in [-0.25, -0.2) is 0 Å². The van der Waals surface area contributed by atoms with Gasteiger partial charge in [0.2, 0.25) is 0 Å². The Kier molecular flexibility index (Phi) is 3.65. The van der Waals surface area contributed by atoms with E-state index in [4.69, 9.17) is 0 Å². The van der Waals surface area contributed by atoms with Crippen molar-refractivity contribution in [3.05, 3.63) is 29.3 Å². The van der Waals surface area contributed by atoms with Crippen molar-refractivity contribution in [3.63, 3.8) is 0 Å². The van der Waals surface area contributed by atoms with Crippen LogP contribution in [0.5, 0.6) is 0 Å². The fourth-order valence-electron chi connectivity index (χ4n) is 5.17. The molecule has 1 N–H and O–H groups in total. The Balaban J connectivity index is 2.07. The van der Waals surface area contributed by atoms with Gasteiger partial charge in [-0.15, -0.1) is 0 Å². The molecule has 22 heavy (non-hydrogen) atoms. The molecule has 1 fully saturated rings. The molecule has 0 spiro atoms. The largest absolute Gasteiger partial charge is 0.393 e. The van der Waals surface area contributed by atoms with E-state index in [2.05, 4.69) is 58.6 Å². The van der Waals surface area contributed by atoms with Gasteiger partial charge in [-0.3, -0.25) is 0 Å². The van der Waals surface area contributed by atoms with Crippen LogP contribution < -0.4 is 5.19 Å². The zero-order valence-electron chi connectivity index (χ0n) is 15.2. The SMILES string of the molecule is CC1(C)[C@@H](O)CC[C@]2(C)c3ccc([Si](C)(C)C)cc3CC[C@@H]12. The molecular formula is C20H32OSi. The molecule has 3 atom stereocenters. The molecule has 2 aliphatic rings. The number of hydrogen-bond donors (Lipinski definition) is 1. The van der Waals surface area contributed by atoms with Gasteiger partial charge in [0, 0.05) is 0 Å². The van der Waals surface area contributed by atoms with Gasteiger partial charge in [0.1, 0.15) is 0 Å². The van der Waals surface area contributed by atoms with Crippen molar-refractivity contribution in [2.24, 2.45) is 11.3 Å². The molecule has 1 aromatic rings. The number of aryl methyl sites for hydroxylation is 1. The zero-order chi connectivity index (χ0) is 16.3. The molecule has 0 bridgehead atoms. The van der Waals surface area contributed by atoms with E-state index in [1.54, 1.807) is 16.3 Å². The minimum Gasteiger partial charge on any atom is -0.393 e. The highest BCUT2D eigenvalue weighted by molar-refractivity contribution is 6.88. The minimum absolute atomic E-state index is 0.0299. The first kappa shape index (κ1) is 16.3. The summed E-state index contributed by atoms with van der Waals surface area (Å²) in [7, 11) is -1.24. The van der Waals surface area contributed by atoms with Crippen molar-refractivity contribution in [3.8, 4) is 0 Å². The first-order valence-corrected chi connectivity index (χ1v) is 12.4. The molecular weight excluding hydrogens is 284 g/mol. The average Bonchev–Trinajstić information content (AvgIpc) is 2.42. The smallest absolute Gasteiger partial charge is 0.0776 e. The summed E-state index contributed by atoms with van der Waals surface area (Å²) in [6.07, 6.45) is 4.33. The van der Waals surface area contributed by atoms with Crippen molar-refractivity contribution < 1.29 is 5.11 Å². The summed E-state index contributed by atoms with van der Waals surface area (Å²) in [6, 6.07) is 7.35. The van der Waals surface area contributed by atoms with Crippen LogP contribution in [-0.4, -0.2) is 19.3 Å². The number of benzene rings is 1. The van der Waals surface area contributed by atoms with Crippen LogP contribution in [0.4, 0.5) is 0 Å². The number of rotatable bonds is 1. The third-order valence-corrected chi connectivity index (χ3v) is 8.80. The molecule has 0 radical (unpaired) electrons. The molecule has 122 valence electrons. The van der Waals surface area contributed by atoms with Gasteiger partial charge in [0.25, 0.3) is 0 Å².